The zero-order chi connectivity index (χ0) is 17.8. The number of carbonyl (C=O) groups excluding carboxylic acids is 1. The van der Waals surface area contributed by atoms with Crippen molar-refractivity contribution in [1.29, 1.82) is 0 Å². The zero-order valence-electron chi connectivity index (χ0n) is 15.8. The monoisotopic (exact) mass is 345 g/mol. The van der Waals surface area contributed by atoms with Gasteiger partial charge in [0.15, 0.2) is 0 Å². The molecule has 2 unspecified atom stereocenters. The Morgan fingerprint density at radius 2 is 1.92 bits per heavy atom. The normalized spacial score (nSPS) is 47.5. The first-order chi connectivity index (χ1) is 11.9. The van der Waals surface area contributed by atoms with E-state index in [-0.39, 0.29) is 22.9 Å². The maximum absolute atomic E-state index is 11.3. The Hall–Kier alpha value is -1.32. The van der Waals surface area contributed by atoms with Gasteiger partial charge >= 0.3 is 5.97 Å². The van der Waals surface area contributed by atoms with Crippen LogP contribution in [0.25, 0.3) is 0 Å². The van der Waals surface area contributed by atoms with E-state index in [9.17, 15) is 10.0 Å². The molecule has 0 aromatic rings. The number of rotatable bonds is 1. The van der Waals surface area contributed by atoms with E-state index >= 15 is 0 Å². The minimum atomic E-state index is -0.155. The summed E-state index contributed by atoms with van der Waals surface area (Å²) in [6.07, 6.45) is 11.2. The van der Waals surface area contributed by atoms with Crippen molar-refractivity contribution in [2.45, 2.75) is 78.2 Å². The first-order valence-electron chi connectivity index (χ1n) is 9.96. The molecule has 3 saturated carbocycles. The van der Waals surface area contributed by atoms with Gasteiger partial charge in [0.25, 0.3) is 0 Å². The van der Waals surface area contributed by atoms with E-state index in [1.165, 1.54) is 25.3 Å². The van der Waals surface area contributed by atoms with Gasteiger partial charge in [0, 0.05) is 18.8 Å². The molecule has 0 radical (unpaired) electrons. The molecule has 3 fully saturated rings. The molecule has 4 aliphatic rings. The lowest BCUT2D eigenvalue weighted by Gasteiger charge is -2.57. The molecule has 4 heteroatoms. The topological polar surface area (TPSA) is 58.9 Å². The van der Waals surface area contributed by atoms with Gasteiger partial charge in [-0.2, -0.15) is 0 Å². The van der Waals surface area contributed by atoms with Gasteiger partial charge in [0.05, 0.1) is 5.71 Å². The van der Waals surface area contributed by atoms with Gasteiger partial charge < -0.3 is 9.94 Å². The molecule has 25 heavy (non-hydrogen) atoms. The number of nitrogens with zero attached hydrogens (tertiary/aromatic N) is 1. The van der Waals surface area contributed by atoms with E-state index in [1.807, 2.05) is 0 Å². The molecule has 0 aromatic heterocycles. The zero-order valence-corrected chi connectivity index (χ0v) is 15.8. The molecule has 4 nitrogen and oxygen atoms in total. The number of hydrogen-bond donors (Lipinski definition) is 1. The third kappa shape index (κ3) is 2.47. The summed E-state index contributed by atoms with van der Waals surface area (Å²) in [4.78, 5) is 11.3. The van der Waals surface area contributed by atoms with Gasteiger partial charge in [0.1, 0.15) is 6.10 Å². The Balaban J connectivity index is 1.60. The minimum absolute atomic E-state index is 0.0711. The summed E-state index contributed by atoms with van der Waals surface area (Å²) < 4.78 is 5.51. The Labute approximate surface area is 150 Å². The van der Waals surface area contributed by atoms with Crippen molar-refractivity contribution in [3.05, 3.63) is 11.6 Å². The van der Waals surface area contributed by atoms with Crippen LogP contribution in [0.5, 0.6) is 0 Å². The van der Waals surface area contributed by atoms with E-state index in [0.717, 1.165) is 50.2 Å². The van der Waals surface area contributed by atoms with Crippen molar-refractivity contribution in [3.63, 3.8) is 0 Å². The van der Waals surface area contributed by atoms with Crippen molar-refractivity contribution in [1.82, 2.24) is 0 Å². The molecule has 4 aliphatic carbocycles. The van der Waals surface area contributed by atoms with Crippen molar-refractivity contribution >= 4 is 11.7 Å². The van der Waals surface area contributed by atoms with E-state index < -0.39 is 0 Å². The number of oxime groups is 1. The Bertz CT molecular complexity index is 639. The summed E-state index contributed by atoms with van der Waals surface area (Å²) in [7, 11) is 0. The summed E-state index contributed by atoms with van der Waals surface area (Å²) in [6.45, 7) is 6.30. The van der Waals surface area contributed by atoms with Crippen LogP contribution in [0.2, 0.25) is 0 Å². The summed E-state index contributed by atoms with van der Waals surface area (Å²) in [5, 5.41) is 13.1. The maximum Gasteiger partial charge on any atom is 0.302 e. The second-order valence-corrected chi connectivity index (χ2v) is 9.28. The fourth-order valence-corrected chi connectivity index (χ4v) is 6.92. The van der Waals surface area contributed by atoms with Crippen LogP contribution in [0.1, 0.15) is 72.1 Å². The molecule has 1 N–H and O–H groups in total. The highest BCUT2D eigenvalue weighted by molar-refractivity contribution is 5.92. The van der Waals surface area contributed by atoms with Gasteiger partial charge in [0.2, 0.25) is 0 Å². The first kappa shape index (κ1) is 17.1. The van der Waals surface area contributed by atoms with Gasteiger partial charge in [-0.15, -0.1) is 0 Å². The van der Waals surface area contributed by atoms with Gasteiger partial charge in [-0.1, -0.05) is 30.7 Å². The van der Waals surface area contributed by atoms with Gasteiger partial charge in [-0.25, -0.2) is 0 Å². The van der Waals surface area contributed by atoms with Crippen molar-refractivity contribution in [3.8, 4) is 0 Å². The quantitative estimate of drug-likeness (QED) is 0.324. The molecule has 138 valence electrons. The van der Waals surface area contributed by atoms with Gasteiger partial charge in [-0.3, -0.25) is 4.79 Å². The second-order valence-electron chi connectivity index (χ2n) is 9.28. The Morgan fingerprint density at radius 3 is 2.64 bits per heavy atom. The predicted octanol–water partition coefficient (Wildman–Crippen LogP) is 4.71. The standard InChI is InChI=1S/C21H31NO3/c1-13(23)25-15-8-10-20(2)14(12-15)4-5-16-17-6-7-19(22-24)21(17,3)11-9-18(16)20/h4,15-18,24H,5-12H2,1-3H3/b22-19+/t15-,16-,17?,18?,20-,21-/m0/s1. The van der Waals surface area contributed by atoms with Crippen LogP contribution in [0.3, 0.4) is 0 Å². The largest absolute Gasteiger partial charge is 0.462 e. The van der Waals surface area contributed by atoms with E-state index in [2.05, 4.69) is 25.1 Å². The van der Waals surface area contributed by atoms with Crippen LogP contribution in [0.4, 0.5) is 0 Å². The third-order valence-corrected chi connectivity index (χ3v) is 8.25. The van der Waals surface area contributed by atoms with Crippen LogP contribution in [0.15, 0.2) is 16.8 Å². The number of hydrogen-bond acceptors (Lipinski definition) is 4. The lowest BCUT2D eigenvalue weighted by molar-refractivity contribution is -0.148. The SMILES string of the molecule is CC(=O)O[C@H]1CC[C@@]2(C)C(=CC[C@@H]3C2CC[C@]2(C)/C(=N/O)CCC32)C1. The summed E-state index contributed by atoms with van der Waals surface area (Å²) in [5.74, 6) is 1.93. The fourth-order valence-electron chi connectivity index (χ4n) is 6.92. The molecule has 0 aliphatic heterocycles. The highest BCUT2D eigenvalue weighted by atomic mass is 16.5. The molecule has 0 heterocycles. The number of fused-ring (bicyclic) bond motifs is 5. The summed E-state index contributed by atoms with van der Waals surface area (Å²) in [5.41, 5.74) is 2.94. The summed E-state index contributed by atoms with van der Waals surface area (Å²) in [6, 6.07) is 0. The number of carbonyl (C=O) groups is 1. The predicted molar refractivity (Wildman–Crippen MR) is 96.5 cm³/mol. The van der Waals surface area contributed by atoms with Crippen LogP contribution < -0.4 is 0 Å². The average molecular weight is 345 g/mol. The molecule has 0 spiro atoms. The van der Waals surface area contributed by atoms with Gasteiger partial charge in [-0.05, 0) is 68.1 Å². The Morgan fingerprint density at radius 1 is 1.20 bits per heavy atom. The average Bonchev–Trinajstić information content (AvgIpc) is 2.91. The molecule has 4 rings (SSSR count). The van der Waals surface area contributed by atoms with E-state index in [4.69, 9.17) is 4.74 Å². The minimum Gasteiger partial charge on any atom is -0.462 e. The molecule has 0 bridgehead atoms. The molecule has 0 amide bonds. The molecular weight excluding hydrogens is 314 g/mol. The molecule has 6 atom stereocenters. The van der Waals surface area contributed by atoms with Crippen LogP contribution in [-0.4, -0.2) is 23.0 Å². The number of allylic oxidation sites excluding steroid dienone is 1. The number of esters is 1. The molecular formula is C21H31NO3. The fraction of sp³-hybridized carbons (Fsp3) is 0.810. The van der Waals surface area contributed by atoms with Crippen molar-refractivity contribution in [2.75, 3.05) is 0 Å². The summed E-state index contributed by atoms with van der Waals surface area (Å²) >= 11 is 0. The molecule has 0 saturated heterocycles. The number of ether oxygens (including phenoxy) is 1. The van der Waals surface area contributed by atoms with E-state index in [1.54, 1.807) is 0 Å². The highest BCUT2D eigenvalue weighted by Gasteiger charge is 2.58. The Kier molecular flexibility index (Phi) is 4.01. The third-order valence-electron chi connectivity index (χ3n) is 8.25. The van der Waals surface area contributed by atoms with Crippen molar-refractivity contribution < 1.29 is 14.7 Å². The highest BCUT2D eigenvalue weighted by Crippen LogP contribution is 2.64. The molecule has 0 aromatic carbocycles. The van der Waals surface area contributed by atoms with Crippen molar-refractivity contribution in [2.24, 2.45) is 33.7 Å². The van der Waals surface area contributed by atoms with Crippen LogP contribution >= 0.6 is 0 Å². The second kappa shape index (κ2) is 5.85. The van der Waals surface area contributed by atoms with Crippen LogP contribution in [-0.2, 0) is 9.53 Å². The van der Waals surface area contributed by atoms with Crippen LogP contribution in [0, 0.1) is 28.6 Å². The lowest BCUT2D eigenvalue weighted by Crippen LogP contribution is -2.50. The smallest absolute Gasteiger partial charge is 0.302 e. The lowest BCUT2D eigenvalue weighted by atomic mass is 9.48. The van der Waals surface area contributed by atoms with E-state index in [0.29, 0.717) is 11.8 Å². The first-order valence-corrected chi connectivity index (χ1v) is 9.96. The maximum atomic E-state index is 11.3.